The molecule has 0 bridgehead atoms. The summed E-state index contributed by atoms with van der Waals surface area (Å²) in [6, 6.07) is 6.27. The van der Waals surface area contributed by atoms with Gasteiger partial charge >= 0.3 is 0 Å². The maximum atomic E-state index is 12.3. The number of anilines is 1. The minimum absolute atomic E-state index is 0. The number of hydrogen-bond acceptors (Lipinski definition) is 3. The average Bonchev–Trinajstić information content (AvgIpc) is 2.38. The predicted molar refractivity (Wildman–Crippen MR) is 94.6 cm³/mol. The lowest BCUT2D eigenvalue weighted by atomic mass is 9.80. The summed E-state index contributed by atoms with van der Waals surface area (Å²) in [5.74, 6) is 0.0543. The van der Waals surface area contributed by atoms with Crippen LogP contribution < -0.4 is 11.1 Å². The predicted octanol–water partition coefficient (Wildman–Crippen LogP) is 2.72. The monoisotopic (exact) mass is 325 g/mol. The van der Waals surface area contributed by atoms with E-state index in [9.17, 15) is 4.79 Å². The second-order valence-electron chi connectivity index (χ2n) is 6.91. The number of piperidine rings is 1. The summed E-state index contributed by atoms with van der Waals surface area (Å²) in [5, 5.41) is 3.05. The van der Waals surface area contributed by atoms with Gasteiger partial charge in [-0.2, -0.15) is 0 Å². The zero-order valence-corrected chi connectivity index (χ0v) is 14.8. The third-order valence-corrected chi connectivity index (χ3v) is 4.50. The maximum absolute atomic E-state index is 12.3. The van der Waals surface area contributed by atoms with Gasteiger partial charge in [-0.1, -0.05) is 32.0 Å². The molecule has 0 aromatic heterocycles. The molecule has 5 heteroatoms. The van der Waals surface area contributed by atoms with Crippen molar-refractivity contribution in [3.05, 3.63) is 29.3 Å². The molecule has 0 radical (unpaired) electrons. The molecule has 1 atom stereocenters. The summed E-state index contributed by atoms with van der Waals surface area (Å²) in [4.78, 5) is 14.5. The summed E-state index contributed by atoms with van der Waals surface area (Å²) < 4.78 is 0. The fourth-order valence-electron chi connectivity index (χ4n) is 3.01. The van der Waals surface area contributed by atoms with Gasteiger partial charge in [0.1, 0.15) is 0 Å². The van der Waals surface area contributed by atoms with E-state index >= 15 is 0 Å². The standard InChI is InChI=1S/C17H27N3O.ClH/c1-12-6-5-7-13(2)16(12)19-15(21)10-20-9-8-14(18)17(3,4)11-20;/h5-7,14H,8-11,18H2,1-4H3,(H,19,21);1H. The first kappa shape index (κ1) is 18.9. The van der Waals surface area contributed by atoms with Gasteiger partial charge in [0, 0.05) is 24.8 Å². The summed E-state index contributed by atoms with van der Waals surface area (Å²) in [6.07, 6.45) is 0.948. The molecule has 0 saturated carbocycles. The number of hydrogen-bond donors (Lipinski definition) is 2. The molecule has 0 spiro atoms. The van der Waals surface area contributed by atoms with Gasteiger partial charge in [0.2, 0.25) is 5.91 Å². The summed E-state index contributed by atoms with van der Waals surface area (Å²) in [7, 11) is 0. The molecule has 1 fully saturated rings. The number of likely N-dealkylation sites (tertiary alicyclic amines) is 1. The molecule has 1 heterocycles. The van der Waals surface area contributed by atoms with E-state index in [4.69, 9.17) is 5.73 Å². The largest absolute Gasteiger partial charge is 0.327 e. The van der Waals surface area contributed by atoms with Crippen LogP contribution in [0.5, 0.6) is 0 Å². The van der Waals surface area contributed by atoms with Gasteiger partial charge in [-0.3, -0.25) is 9.69 Å². The van der Waals surface area contributed by atoms with E-state index in [-0.39, 0.29) is 29.8 Å². The highest BCUT2D eigenvalue weighted by molar-refractivity contribution is 5.93. The Morgan fingerprint density at radius 1 is 1.36 bits per heavy atom. The van der Waals surface area contributed by atoms with Crippen LogP contribution in [0, 0.1) is 19.3 Å². The van der Waals surface area contributed by atoms with Gasteiger partial charge in [0.25, 0.3) is 0 Å². The second-order valence-corrected chi connectivity index (χ2v) is 6.91. The highest BCUT2D eigenvalue weighted by atomic mass is 35.5. The number of para-hydroxylation sites is 1. The van der Waals surface area contributed by atoms with E-state index in [1.807, 2.05) is 32.0 Å². The van der Waals surface area contributed by atoms with E-state index in [1.54, 1.807) is 0 Å². The van der Waals surface area contributed by atoms with Crippen LogP contribution in [0.4, 0.5) is 5.69 Å². The summed E-state index contributed by atoms with van der Waals surface area (Å²) in [5.41, 5.74) is 9.35. The number of halogens is 1. The highest BCUT2D eigenvalue weighted by Crippen LogP contribution is 2.27. The van der Waals surface area contributed by atoms with Crippen molar-refractivity contribution in [3.8, 4) is 0 Å². The average molecular weight is 326 g/mol. The Hall–Kier alpha value is -1.10. The molecule has 1 aliphatic rings. The normalized spacial score (nSPS) is 21.0. The lowest BCUT2D eigenvalue weighted by Crippen LogP contribution is -2.53. The first-order valence-electron chi connectivity index (χ1n) is 7.63. The highest BCUT2D eigenvalue weighted by Gasteiger charge is 2.33. The summed E-state index contributed by atoms with van der Waals surface area (Å²) in [6.45, 7) is 10.6. The molecular weight excluding hydrogens is 298 g/mol. The SMILES string of the molecule is Cc1cccc(C)c1NC(=O)CN1CCC(N)C(C)(C)C1.Cl. The van der Waals surface area contributed by atoms with Gasteiger partial charge in [-0.25, -0.2) is 0 Å². The van der Waals surface area contributed by atoms with Gasteiger partial charge in [0.05, 0.1) is 6.54 Å². The zero-order valence-electron chi connectivity index (χ0n) is 14.0. The smallest absolute Gasteiger partial charge is 0.238 e. The summed E-state index contributed by atoms with van der Waals surface area (Å²) >= 11 is 0. The molecule has 2 rings (SSSR count). The molecule has 1 aromatic carbocycles. The molecule has 1 saturated heterocycles. The first-order chi connectivity index (χ1) is 9.79. The molecular formula is C17H28ClN3O. The van der Waals surface area contributed by atoms with Crippen molar-refractivity contribution in [1.82, 2.24) is 4.90 Å². The molecule has 3 N–H and O–H groups in total. The second kappa shape index (κ2) is 7.44. The van der Waals surface area contributed by atoms with Crippen LogP contribution in [-0.2, 0) is 4.79 Å². The topological polar surface area (TPSA) is 58.4 Å². The van der Waals surface area contributed by atoms with Crippen LogP contribution in [0.15, 0.2) is 18.2 Å². The molecule has 22 heavy (non-hydrogen) atoms. The van der Waals surface area contributed by atoms with Crippen molar-refractivity contribution in [3.63, 3.8) is 0 Å². The Kier molecular flexibility index (Phi) is 6.41. The van der Waals surface area contributed by atoms with Crippen LogP contribution in [0.1, 0.15) is 31.4 Å². The Bertz CT molecular complexity index is 510. The van der Waals surface area contributed by atoms with Crippen molar-refractivity contribution in [1.29, 1.82) is 0 Å². The van der Waals surface area contributed by atoms with Gasteiger partial charge in [-0.15, -0.1) is 12.4 Å². The van der Waals surface area contributed by atoms with E-state index < -0.39 is 0 Å². The van der Waals surface area contributed by atoms with Crippen LogP contribution in [0.2, 0.25) is 0 Å². The fraction of sp³-hybridized carbons (Fsp3) is 0.588. The van der Waals surface area contributed by atoms with E-state index in [0.717, 1.165) is 36.3 Å². The minimum atomic E-state index is 0. The van der Waals surface area contributed by atoms with Gasteiger partial charge < -0.3 is 11.1 Å². The van der Waals surface area contributed by atoms with Crippen molar-refractivity contribution >= 4 is 24.0 Å². The van der Waals surface area contributed by atoms with Crippen LogP contribution in [0.25, 0.3) is 0 Å². The van der Waals surface area contributed by atoms with E-state index in [2.05, 4.69) is 24.1 Å². The number of nitrogens with zero attached hydrogens (tertiary/aromatic N) is 1. The lowest BCUT2D eigenvalue weighted by molar-refractivity contribution is -0.118. The fourth-order valence-corrected chi connectivity index (χ4v) is 3.01. The Morgan fingerprint density at radius 3 is 2.50 bits per heavy atom. The molecule has 124 valence electrons. The molecule has 1 amide bonds. The van der Waals surface area contributed by atoms with Crippen molar-refractivity contribution < 1.29 is 4.79 Å². The molecule has 1 unspecified atom stereocenters. The maximum Gasteiger partial charge on any atom is 0.238 e. The van der Waals surface area contributed by atoms with Crippen LogP contribution in [-0.4, -0.2) is 36.5 Å². The Labute approximate surface area is 139 Å². The quantitative estimate of drug-likeness (QED) is 0.898. The third-order valence-electron chi connectivity index (χ3n) is 4.50. The number of carbonyl (C=O) groups is 1. The Balaban J connectivity index is 0.00000242. The minimum Gasteiger partial charge on any atom is -0.327 e. The van der Waals surface area contributed by atoms with Gasteiger partial charge in [0.15, 0.2) is 0 Å². The number of rotatable bonds is 3. The van der Waals surface area contributed by atoms with E-state index in [0.29, 0.717) is 6.54 Å². The van der Waals surface area contributed by atoms with Crippen LogP contribution in [0.3, 0.4) is 0 Å². The van der Waals surface area contributed by atoms with E-state index in [1.165, 1.54) is 0 Å². The molecule has 1 aliphatic heterocycles. The number of nitrogens with one attached hydrogen (secondary N) is 1. The van der Waals surface area contributed by atoms with Crippen LogP contribution >= 0.6 is 12.4 Å². The number of benzene rings is 1. The molecule has 1 aromatic rings. The number of aryl methyl sites for hydroxylation is 2. The van der Waals surface area contributed by atoms with Crippen molar-refractivity contribution in [2.24, 2.45) is 11.1 Å². The lowest BCUT2D eigenvalue weighted by Gasteiger charge is -2.42. The Morgan fingerprint density at radius 2 is 1.95 bits per heavy atom. The van der Waals surface area contributed by atoms with Gasteiger partial charge in [-0.05, 0) is 36.8 Å². The zero-order chi connectivity index (χ0) is 15.6. The van der Waals surface area contributed by atoms with Crippen molar-refractivity contribution in [2.75, 3.05) is 25.0 Å². The molecule has 0 aliphatic carbocycles. The molecule has 4 nitrogen and oxygen atoms in total. The number of nitrogens with two attached hydrogens (primary N) is 1. The third kappa shape index (κ3) is 4.45. The van der Waals surface area contributed by atoms with Crippen molar-refractivity contribution in [2.45, 2.75) is 40.2 Å². The number of amides is 1. The first-order valence-corrected chi connectivity index (χ1v) is 7.63. The number of carbonyl (C=O) groups excluding carboxylic acids is 1.